The quantitative estimate of drug-likeness (QED) is 0.373. The van der Waals surface area contributed by atoms with Crippen LogP contribution in [0.25, 0.3) is 21.3 Å². The number of aldehydes is 1. The maximum Gasteiger partial charge on any atom is 0.321 e. The molecule has 3 heterocycles. The maximum atomic E-state index is 12.3. The largest absolute Gasteiger partial charge is 0.466 e. The number of ether oxygens (including phenoxy) is 1. The molecule has 1 aromatic carbocycles. The highest BCUT2D eigenvalue weighted by Crippen LogP contribution is 2.35. The van der Waals surface area contributed by atoms with E-state index in [0.29, 0.717) is 65.9 Å². The molecule has 184 valence electrons. The van der Waals surface area contributed by atoms with Crippen molar-refractivity contribution in [1.29, 1.82) is 0 Å². The third-order valence-electron chi connectivity index (χ3n) is 6.09. The minimum Gasteiger partial charge on any atom is -0.466 e. The molecule has 0 atom stereocenters. The Hall–Kier alpha value is -3.60. The average molecular weight is 497 g/mol. The Morgan fingerprint density at radius 2 is 1.89 bits per heavy atom. The summed E-state index contributed by atoms with van der Waals surface area (Å²) >= 11 is 1.25. The van der Waals surface area contributed by atoms with Crippen LogP contribution in [0.5, 0.6) is 0 Å². The van der Waals surface area contributed by atoms with Crippen LogP contribution in [-0.2, 0) is 9.53 Å². The second-order valence-electron chi connectivity index (χ2n) is 8.57. The molecule has 0 unspecified atom stereocenters. The van der Waals surface area contributed by atoms with Crippen LogP contribution in [0.1, 0.15) is 44.0 Å². The number of nitrogens with one attached hydrogen (secondary N) is 2. The predicted octanol–water partition coefficient (Wildman–Crippen LogP) is 3.88. The summed E-state index contributed by atoms with van der Waals surface area (Å²) in [7, 11) is 0. The number of amides is 2. The van der Waals surface area contributed by atoms with Crippen molar-refractivity contribution in [2.45, 2.75) is 33.6 Å². The second-order valence-corrected chi connectivity index (χ2v) is 9.57. The fourth-order valence-corrected chi connectivity index (χ4v) is 4.93. The number of nitrogens with zero attached hydrogens (tertiary/aromatic N) is 4. The number of rotatable bonds is 7. The van der Waals surface area contributed by atoms with Gasteiger partial charge in [-0.25, -0.2) is 19.7 Å². The number of benzene rings is 1. The molecule has 10 nitrogen and oxygen atoms in total. The SMILES string of the molecule is CCNC(=O)Nc1nc2cc(-c3cnc(N4CCC(C)(C(=O)OCC)CC4)nc3)cc(C=O)c2s1. The van der Waals surface area contributed by atoms with E-state index in [2.05, 4.69) is 30.5 Å². The monoisotopic (exact) mass is 496 g/mol. The minimum atomic E-state index is -0.481. The number of esters is 1. The summed E-state index contributed by atoms with van der Waals surface area (Å²) in [5, 5.41) is 5.76. The molecule has 35 heavy (non-hydrogen) atoms. The lowest BCUT2D eigenvalue weighted by Crippen LogP contribution is -2.44. The van der Waals surface area contributed by atoms with Crippen LogP contribution in [0.15, 0.2) is 24.5 Å². The number of carbonyl (C=O) groups is 3. The van der Waals surface area contributed by atoms with E-state index in [9.17, 15) is 14.4 Å². The smallest absolute Gasteiger partial charge is 0.321 e. The molecule has 0 saturated carbocycles. The molecule has 0 radical (unpaired) electrons. The standard InChI is InChI=1S/C24H28N6O4S/c1-4-25-22(33)29-23-28-18-11-15(10-16(14-31)19(18)35-23)17-12-26-21(27-13-17)30-8-6-24(3,7-9-30)20(32)34-5-2/h10-14H,4-9H2,1-3H3,(H2,25,28,29,33). The second kappa shape index (κ2) is 10.3. The maximum absolute atomic E-state index is 12.3. The number of thiazole rings is 1. The Balaban J connectivity index is 1.51. The van der Waals surface area contributed by atoms with Crippen LogP contribution in [0.2, 0.25) is 0 Å². The Morgan fingerprint density at radius 3 is 2.51 bits per heavy atom. The molecule has 1 saturated heterocycles. The van der Waals surface area contributed by atoms with E-state index in [1.807, 2.05) is 26.8 Å². The van der Waals surface area contributed by atoms with E-state index >= 15 is 0 Å². The first-order valence-electron chi connectivity index (χ1n) is 11.6. The predicted molar refractivity (Wildman–Crippen MR) is 135 cm³/mol. The van der Waals surface area contributed by atoms with Crippen LogP contribution in [0.4, 0.5) is 15.9 Å². The van der Waals surface area contributed by atoms with Gasteiger partial charge in [0, 0.05) is 43.2 Å². The number of anilines is 2. The van der Waals surface area contributed by atoms with Crippen molar-refractivity contribution in [3.63, 3.8) is 0 Å². The van der Waals surface area contributed by atoms with E-state index in [-0.39, 0.29) is 12.0 Å². The highest BCUT2D eigenvalue weighted by molar-refractivity contribution is 7.22. The summed E-state index contributed by atoms with van der Waals surface area (Å²) in [5.41, 5.74) is 2.12. The van der Waals surface area contributed by atoms with E-state index < -0.39 is 5.41 Å². The van der Waals surface area contributed by atoms with Crippen molar-refractivity contribution < 1.29 is 19.1 Å². The van der Waals surface area contributed by atoms with Gasteiger partial charge in [0.05, 0.1) is 22.2 Å². The van der Waals surface area contributed by atoms with Crippen LogP contribution >= 0.6 is 11.3 Å². The topological polar surface area (TPSA) is 126 Å². The summed E-state index contributed by atoms with van der Waals surface area (Å²) in [6.45, 7) is 7.80. The molecular weight excluding hydrogens is 468 g/mol. The van der Waals surface area contributed by atoms with Gasteiger partial charge in [-0.3, -0.25) is 14.9 Å². The fraction of sp³-hybridized carbons (Fsp3) is 0.417. The summed E-state index contributed by atoms with van der Waals surface area (Å²) in [6, 6.07) is 3.28. The van der Waals surface area contributed by atoms with Gasteiger partial charge in [0.15, 0.2) is 11.4 Å². The lowest BCUT2D eigenvalue weighted by atomic mass is 9.80. The molecule has 11 heteroatoms. The van der Waals surface area contributed by atoms with E-state index in [0.717, 1.165) is 17.4 Å². The number of hydrogen-bond acceptors (Lipinski definition) is 9. The minimum absolute atomic E-state index is 0.149. The van der Waals surface area contributed by atoms with Crippen molar-refractivity contribution in [2.24, 2.45) is 5.41 Å². The van der Waals surface area contributed by atoms with Crippen LogP contribution < -0.4 is 15.5 Å². The van der Waals surface area contributed by atoms with Gasteiger partial charge in [0.25, 0.3) is 0 Å². The molecule has 4 rings (SSSR count). The van der Waals surface area contributed by atoms with Crippen molar-refractivity contribution in [3.8, 4) is 11.1 Å². The highest BCUT2D eigenvalue weighted by Gasteiger charge is 2.38. The Morgan fingerprint density at radius 1 is 1.17 bits per heavy atom. The van der Waals surface area contributed by atoms with Crippen LogP contribution in [-0.4, -0.2) is 59.5 Å². The first kappa shape index (κ1) is 24.5. The van der Waals surface area contributed by atoms with Crippen LogP contribution in [0.3, 0.4) is 0 Å². The zero-order valence-electron chi connectivity index (χ0n) is 20.0. The first-order valence-corrected chi connectivity index (χ1v) is 12.4. The molecule has 1 aliphatic rings. The number of hydrogen-bond donors (Lipinski definition) is 2. The number of fused-ring (bicyclic) bond motifs is 1. The van der Waals surface area contributed by atoms with Crippen LogP contribution in [0, 0.1) is 5.41 Å². The zero-order chi connectivity index (χ0) is 25.0. The molecule has 2 N–H and O–H groups in total. The third kappa shape index (κ3) is 5.24. The Labute approximate surface area is 207 Å². The molecule has 0 aliphatic carbocycles. The van der Waals surface area contributed by atoms with Gasteiger partial charge in [-0.2, -0.15) is 0 Å². The molecule has 3 aromatic rings. The summed E-state index contributed by atoms with van der Waals surface area (Å²) in [5.74, 6) is 0.446. The number of piperidine rings is 1. The lowest BCUT2D eigenvalue weighted by Gasteiger charge is -2.37. The highest BCUT2D eigenvalue weighted by atomic mass is 32.1. The molecule has 2 aromatic heterocycles. The van der Waals surface area contributed by atoms with E-state index in [1.54, 1.807) is 18.5 Å². The van der Waals surface area contributed by atoms with E-state index in [1.165, 1.54) is 11.3 Å². The van der Waals surface area contributed by atoms with Gasteiger partial charge >= 0.3 is 12.0 Å². The molecule has 1 fully saturated rings. The van der Waals surface area contributed by atoms with Gasteiger partial charge in [-0.1, -0.05) is 11.3 Å². The molecule has 0 spiro atoms. The third-order valence-corrected chi connectivity index (χ3v) is 7.13. The summed E-state index contributed by atoms with van der Waals surface area (Å²) < 4.78 is 5.93. The van der Waals surface area contributed by atoms with Gasteiger partial charge in [-0.15, -0.1) is 0 Å². The van der Waals surface area contributed by atoms with Crippen molar-refractivity contribution in [3.05, 3.63) is 30.1 Å². The molecule has 0 bridgehead atoms. The van der Waals surface area contributed by atoms with E-state index in [4.69, 9.17) is 4.74 Å². The number of urea groups is 1. The van der Waals surface area contributed by atoms with Crippen molar-refractivity contribution in [2.75, 3.05) is 36.5 Å². The zero-order valence-corrected chi connectivity index (χ0v) is 20.8. The Bertz CT molecular complexity index is 1230. The molecular formula is C24H28N6O4S. The van der Waals surface area contributed by atoms with Gasteiger partial charge in [0.1, 0.15) is 0 Å². The molecule has 2 amide bonds. The summed E-state index contributed by atoms with van der Waals surface area (Å²) in [6.07, 6.45) is 5.57. The number of carbonyl (C=O) groups excluding carboxylic acids is 3. The Kier molecular flexibility index (Phi) is 7.25. The van der Waals surface area contributed by atoms with Gasteiger partial charge in [-0.05, 0) is 51.3 Å². The number of aromatic nitrogens is 3. The average Bonchev–Trinajstić information content (AvgIpc) is 3.26. The molecule has 1 aliphatic heterocycles. The van der Waals surface area contributed by atoms with Crippen molar-refractivity contribution in [1.82, 2.24) is 20.3 Å². The first-order chi connectivity index (χ1) is 16.9. The fourth-order valence-electron chi connectivity index (χ4n) is 4.01. The van der Waals surface area contributed by atoms with Gasteiger partial charge < -0.3 is 15.0 Å². The van der Waals surface area contributed by atoms with Crippen molar-refractivity contribution >= 4 is 50.9 Å². The lowest BCUT2D eigenvalue weighted by molar-refractivity contribution is -0.155. The van der Waals surface area contributed by atoms with Gasteiger partial charge in [0.2, 0.25) is 5.95 Å². The normalized spacial score (nSPS) is 15.0. The summed E-state index contributed by atoms with van der Waals surface area (Å²) in [4.78, 5) is 51.4.